The smallest absolute Gasteiger partial charge is 0.329 e. The van der Waals surface area contributed by atoms with Gasteiger partial charge < -0.3 is 14.8 Å². The molecule has 0 saturated carbocycles. The first-order valence-electron chi connectivity index (χ1n) is 11.1. The maximum absolute atomic E-state index is 13.0. The molecule has 3 aromatic rings. The van der Waals surface area contributed by atoms with Crippen LogP contribution in [0.3, 0.4) is 0 Å². The third kappa shape index (κ3) is 6.13. The summed E-state index contributed by atoms with van der Waals surface area (Å²) in [4.78, 5) is 26.7. The van der Waals surface area contributed by atoms with Gasteiger partial charge in [-0.2, -0.15) is 0 Å². The van der Waals surface area contributed by atoms with Crippen molar-refractivity contribution < 1.29 is 19.1 Å². The van der Waals surface area contributed by atoms with Crippen molar-refractivity contribution >= 4 is 49.9 Å². The van der Waals surface area contributed by atoms with E-state index in [4.69, 9.17) is 9.47 Å². The van der Waals surface area contributed by atoms with E-state index >= 15 is 0 Å². The average Bonchev–Trinajstić information content (AvgIpc) is 3.10. The van der Waals surface area contributed by atoms with E-state index in [1.54, 1.807) is 12.1 Å². The summed E-state index contributed by atoms with van der Waals surface area (Å²) in [5.74, 6) is 0.746. The van der Waals surface area contributed by atoms with Crippen molar-refractivity contribution in [1.82, 2.24) is 10.2 Å². The molecule has 0 aliphatic carbocycles. The number of urea groups is 1. The molecule has 0 unspecified atom stereocenters. The Balaban J connectivity index is 1.54. The molecular weight excluding hydrogens is 576 g/mol. The highest BCUT2D eigenvalue weighted by Crippen LogP contribution is 2.36. The van der Waals surface area contributed by atoms with Crippen molar-refractivity contribution in [3.63, 3.8) is 0 Å². The first-order valence-corrected chi connectivity index (χ1v) is 12.7. The van der Waals surface area contributed by atoms with Crippen molar-refractivity contribution in [1.29, 1.82) is 0 Å². The van der Waals surface area contributed by atoms with Gasteiger partial charge in [-0.1, -0.05) is 73.8 Å². The van der Waals surface area contributed by atoms with E-state index < -0.39 is 6.03 Å². The molecule has 0 bridgehead atoms. The second-order valence-electron chi connectivity index (χ2n) is 8.03. The van der Waals surface area contributed by atoms with Crippen LogP contribution in [-0.4, -0.2) is 23.4 Å². The monoisotopic (exact) mass is 598 g/mol. The number of nitrogens with zero attached hydrogens (tertiary/aromatic N) is 1. The van der Waals surface area contributed by atoms with Gasteiger partial charge in [-0.05, 0) is 60.9 Å². The molecule has 1 aliphatic heterocycles. The number of imide groups is 1. The van der Waals surface area contributed by atoms with Gasteiger partial charge in [-0.25, -0.2) is 4.79 Å². The van der Waals surface area contributed by atoms with Gasteiger partial charge in [0.15, 0.2) is 11.5 Å². The number of benzene rings is 3. The molecule has 0 atom stereocenters. The van der Waals surface area contributed by atoms with Crippen LogP contribution in [0.15, 0.2) is 75.3 Å². The molecule has 3 amide bonds. The molecule has 1 heterocycles. The first-order chi connectivity index (χ1) is 16.8. The maximum atomic E-state index is 13.0. The van der Waals surface area contributed by atoms with Crippen molar-refractivity contribution in [3.8, 4) is 11.5 Å². The number of hydrogen-bond acceptors (Lipinski definition) is 4. The summed E-state index contributed by atoms with van der Waals surface area (Å²) >= 11 is 6.99. The average molecular weight is 600 g/mol. The SMILES string of the molecule is CCOc1cc(/C=C2/NC(=O)N(Cc3ccc(C)cc3)C2=O)c(Br)cc1OCc1ccc(Br)cc1. The highest BCUT2D eigenvalue weighted by Gasteiger charge is 2.33. The quantitative estimate of drug-likeness (QED) is 0.234. The Hall–Kier alpha value is -3.10. The number of nitrogens with one attached hydrogen (secondary N) is 1. The Bertz CT molecular complexity index is 1270. The number of rotatable bonds is 8. The molecule has 0 spiro atoms. The molecule has 4 rings (SSSR count). The minimum atomic E-state index is -0.447. The van der Waals surface area contributed by atoms with Crippen molar-refractivity contribution in [2.45, 2.75) is 27.0 Å². The van der Waals surface area contributed by atoms with E-state index in [-0.39, 0.29) is 18.1 Å². The number of hydrogen-bond donors (Lipinski definition) is 1. The van der Waals surface area contributed by atoms with Crippen molar-refractivity contribution in [3.05, 3.63) is 97.6 Å². The lowest BCUT2D eigenvalue weighted by Gasteiger charge is -2.14. The van der Waals surface area contributed by atoms with E-state index in [0.29, 0.717) is 34.7 Å². The zero-order valence-corrected chi connectivity index (χ0v) is 22.5. The zero-order chi connectivity index (χ0) is 24.9. The predicted octanol–water partition coefficient (Wildman–Crippen LogP) is 6.59. The van der Waals surface area contributed by atoms with Crippen LogP contribution in [0.1, 0.15) is 29.2 Å². The van der Waals surface area contributed by atoms with E-state index in [2.05, 4.69) is 37.2 Å². The fourth-order valence-corrected chi connectivity index (χ4v) is 4.23. The van der Waals surface area contributed by atoms with Gasteiger partial charge in [0.2, 0.25) is 0 Å². The van der Waals surface area contributed by atoms with Crippen LogP contribution in [-0.2, 0) is 17.9 Å². The Morgan fingerprint density at radius 3 is 2.26 bits per heavy atom. The Labute approximate surface area is 221 Å². The summed E-state index contributed by atoms with van der Waals surface area (Å²) in [6.45, 7) is 4.91. The third-order valence-electron chi connectivity index (χ3n) is 5.39. The normalized spacial score (nSPS) is 14.4. The van der Waals surface area contributed by atoms with Gasteiger partial charge >= 0.3 is 6.03 Å². The molecule has 6 nitrogen and oxygen atoms in total. The van der Waals surface area contributed by atoms with Gasteiger partial charge in [0.1, 0.15) is 12.3 Å². The molecule has 0 radical (unpaired) electrons. The lowest BCUT2D eigenvalue weighted by Crippen LogP contribution is -2.30. The number of carbonyl (C=O) groups excluding carboxylic acids is 2. The summed E-state index contributed by atoms with van der Waals surface area (Å²) < 4.78 is 13.5. The molecule has 8 heteroatoms. The number of amides is 3. The largest absolute Gasteiger partial charge is 0.490 e. The third-order valence-corrected chi connectivity index (χ3v) is 6.61. The Morgan fingerprint density at radius 1 is 0.914 bits per heavy atom. The van der Waals surface area contributed by atoms with Gasteiger partial charge in [0, 0.05) is 8.95 Å². The first kappa shape index (κ1) is 25.0. The lowest BCUT2D eigenvalue weighted by molar-refractivity contribution is -0.123. The van der Waals surface area contributed by atoms with E-state index in [0.717, 1.165) is 21.2 Å². The fraction of sp³-hybridized carbons (Fsp3) is 0.185. The highest BCUT2D eigenvalue weighted by molar-refractivity contribution is 9.10. The minimum Gasteiger partial charge on any atom is -0.490 e. The summed E-state index contributed by atoms with van der Waals surface area (Å²) in [6, 6.07) is 18.8. The lowest BCUT2D eigenvalue weighted by atomic mass is 10.1. The topological polar surface area (TPSA) is 67.9 Å². The van der Waals surface area contributed by atoms with E-state index in [1.165, 1.54) is 4.90 Å². The van der Waals surface area contributed by atoms with Crippen LogP contribution in [0.25, 0.3) is 6.08 Å². The summed E-state index contributed by atoms with van der Waals surface area (Å²) in [5.41, 5.74) is 3.91. The van der Waals surface area contributed by atoms with Crippen molar-refractivity contribution in [2.24, 2.45) is 0 Å². The van der Waals surface area contributed by atoms with Gasteiger partial charge in [0.05, 0.1) is 13.2 Å². The molecule has 1 fully saturated rings. The van der Waals surface area contributed by atoms with Crippen LogP contribution < -0.4 is 14.8 Å². The molecule has 35 heavy (non-hydrogen) atoms. The number of carbonyl (C=O) groups is 2. The fourth-order valence-electron chi connectivity index (χ4n) is 3.53. The second-order valence-corrected chi connectivity index (χ2v) is 9.80. The second kappa shape index (κ2) is 11.1. The van der Waals surface area contributed by atoms with Crippen LogP contribution >= 0.6 is 31.9 Å². The molecule has 180 valence electrons. The predicted molar refractivity (Wildman–Crippen MR) is 142 cm³/mol. The van der Waals surface area contributed by atoms with Crippen LogP contribution in [0.4, 0.5) is 4.79 Å². The number of halogens is 2. The Kier molecular flexibility index (Phi) is 7.93. The minimum absolute atomic E-state index is 0.203. The molecule has 1 N–H and O–H groups in total. The molecule has 3 aromatic carbocycles. The van der Waals surface area contributed by atoms with Gasteiger partial charge in [-0.3, -0.25) is 9.69 Å². The van der Waals surface area contributed by atoms with Gasteiger partial charge in [-0.15, -0.1) is 0 Å². The van der Waals surface area contributed by atoms with Crippen LogP contribution in [0, 0.1) is 6.92 Å². The van der Waals surface area contributed by atoms with Crippen LogP contribution in [0.5, 0.6) is 11.5 Å². The summed E-state index contributed by atoms with van der Waals surface area (Å²) in [6.07, 6.45) is 1.64. The summed E-state index contributed by atoms with van der Waals surface area (Å²) in [7, 11) is 0. The van der Waals surface area contributed by atoms with E-state index in [9.17, 15) is 9.59 Å². The van der Waals surface area contributed by atoms with Gasteiger partial charge in [0.25, 0.3) is 5.91 Å². The summed E-state index contributed by atoms with van der Waals surface area (Å²) in [5, 5.41) is 2.68. The molecular formula is C27H24Br2N2O4. The number of ether oxygens (including phenoxy) is 2. The zero-order valence-electron chi connectivity index (χ0n) is 19.3. The van der Waals surface area contributed by atoms with Crippen LogP contribution in [0.2, 0.25) is 0 Å². The molecule has 0 aromatic heterocycles. The van der Waals surface area contributed by atoms with Crippen molar-refractivity contribution in [2.75, 3.05) is 6.61 Å². The standard InChI is InChI=1S/C27H24Br2N2O4/c1-3-34-24-13-20(22(29)14-25(24)35-16-19-8-10-21(28)11-9-19)12-23-26(32)31(27(33)30-23)15-18-6-4-17(2)5-7-18/h4-14H,3,15-16H2,1-2H3,(H,30,33)/b23-12+. The molecule has 1 saturated heterocycles. The highest BCUT2D eigenvalue weighted by atomic mass is 79.9. The maximum Gasteiger partial charge on any atom is 0.329 e. The van der Waals surface area contributed by atoms with E-state index in [1.807, 2.05) is 68.4 Å². The molecule has 1 aliphatic rings. The Morgan fingerprint density at radius 2 is 1.57 bits per heavy atom. The number of aryl methyl sites for hydroxylation is 1.